The lowest BCUT2D eigenvalue weighted by atomic mass is 9.99. The van der Waals surface area contributed by atoms with Crippen LogP contribution in [0.3, 0.4) is 0 Å². The maximum Gasteiger partial charge on any atom is 0.573 e. The molecule has 1 aliphatic heterocycles. The van der Waals surface area contributed by atoms with Crippen molar-refractivity contribution in [3.8, 4) is 22.8 Å². The fourth-order valence-corrected chi connectivity index (χ4v) is 7.53. The van der Waals surface area contributed by atoms with Crippen LogP contribution in [0.1, 0.15) is 49.3 Å². The zero-order chi connectivity index (χ0) is 34.0. The molecule has 0 spiro atoms. The zero-order valence-electron chi connectivity index (χ0n) is 26.3. The van der Waals surface area contributed by atoms with E-state index >= 15 is 0 Å². The van der Waals surface area contributed by atoms with Crippen molar-refractivity contribution in [1.29, 1.82) is 0 Å². The Labute approximate surface area is 293 Å². The summed E-state index contributed by atoms with van der Waals surface area (Å²) in [6.45, 7) is 6.80. The first-order valence-corrected chi connectivity index (χ1v) is 18.0. The number of hydrogen-bond donors (Lipinski definition) is 0. The van der Waals surface area contributed by atoms with Crippen molar-refractivity contribution >= 4 is 61.4 Å². The first-order valence-electron chi connectivity index (χ1n) is 15.4. The molecule has 3 aromatic carbocycles. The minimum absolute atomic E-state index is 0.0464. The van der Waals surface area contributed by atoms with Gasteiger partial charge >= 0.3 is 6.36 Å². The number of anilines is 1. The maximum absolute atomic E-state index is 13.4. The van der Waals surface area contributed by atoms with Crippen molar-refractivity contribution in [3.05, 3.63) is 89.7 Å². The number of amidine groups is 2. The lowest BCUT2D eigenvalue weighted by Gasteiger charge is -2.22. The summed E-state index contributed by atoms with van der Waals surface area (Å²) in [5, 5.41) is 6.28. The molecule has 4 aromatic rings. The Hall–Kier alpha value is -3.62. The van der Waals surface area contributed by atoms with Gasteiger partial charge in [-0.15, -0.1) is 18.3 Å². The standard InChI is InChI=1S/C34H32BrF3N6O2S2/c1-20(2)27-15-4-21(3)18-28(27)44-31(45)29(35)48-33(44)41-32(47-26-13-14-26)39-17-16-22-5-7-23(8-6-22)30-40-19-43(42-30)24-9-11-25(12-10-24)46-34(36,37)38/h4-12,15,18-20,26,29H,13-14,16-17H2,1-3H3. The predicted molar refractivity (Wildman–Crippen MR) is 191 cm³/mol. The van der Waals surface area contributed by atoms with Crippen molar-refractivity contribution in [3.63, 3.8) is 0 Å². The number of alkyl halides is 4. The van der Waals surface area contributed by atoms with Crippen LogP contribution in [-0.2, 0) is 11.2 Å². The fourth-order valence-electron chi connectivity index (χ4n) is 4.96. The molecule has 1 aromatic heterocycles. The summed E-state index contributed by atoms with van der Waals surface area (Å²) in [6.07, 6.45) is -0.286. The van der Waals surface area contributed by atoms with E-state index in [-0.39, 0.29) is 17.6 Å². The highest BCUT2D eigenvalue weighted by atomic mass is 79.9. The van der Waals surface area contributed by atoms with Crippen LogP contribution in [0.4, 0.5) is 18.9 Å². The largest absolute Gasteiger partial charge is 0.573 e. The molecule has 2 aliphatic rings. The predicted octanol–water partition coefficient (Wildman–Crippen LogP) is 8.92. The summed E-state index contributed by atoms with van der Waals surface area (Å²) in [6, 6.07) is 19.5. The molecular formula is C34H32BrF3N6O2S2. The summed E-state index contributed by atoms with van der Waals surface area (Å²) in [4.78, 5) is 29.3. The van der Waals surface area contributed by atoms with Crippen molar-refractivity contribution in [2.45, 2.75) is 61.7 Å². The van der Waals surface area contributed by atoms with Crippen molar-refractivity contribution in [2.24, 2.45) is 9.98 Å². The van der Waals surface area contributed by atoms with E-state index in [4.69, 9.17) is 9.98 Å². The molecule has 1 saturated heterocycles. The van der Waals surface area contributed by atoms with Crippen LogP contribution in [0, 0.1) is 6.92 Å². The fraction of sp³-hybridized carbons (Fsp3) is 0.324. The van der Waals surface area contributed by atoms with E-state index in [0.29, 0.717) is 40.1 Å². The molecule has 1 atom stereocenters. The molecule has 2 heterocycles. The van der Waals surface area contributed by atoms with Gasteiger partial charge in [0.2, 0.25) is 0 Å². The van der Waals surface area contributed by atoms with E-state index in [1.807, 2.05) is 31.2 Å². The van der Waals surface area contributed by atoms with E-state index in [1.165, 1.54) is 47.0 Å². The summed E-state index contributed by atoms with van der Waals surface area (Å²) >= 11 is 6.61. The van der Waals surface area contributed by atoms with Crippen LogP contribution in [0.2, 0.25) is 0 Å². The maximum atomic E-state index is 13.4. The van der Waals surface area contributed by atoms with Gasteiger partial charge in [-0.1, -0.05) is 89.7 Å². The Morgan fingerprint density at radius 1 is 1.10 bits per heavy atom. The molecule has 8 nitrogen and oxygen atoms in total. The molecule has 0 bridgehead atoms. The number of aryl methyl sites for hydroxylation is 1. The number of hydrogen-bond acceptors (Lipinski definition) is 7. The van der Waals surface area contributed by atoms with Crippen LogP contribution in [0.5, 0.6) is 5.75 Å². The van der Waals surface area contributed by atoms with Gasteiger partial charge in [0.1, 0.15) is 16.2 Å². The smallest absolute Gasteiger partial charge is 0.406 e. The van der Waals surface area contributed by atoms with E-state index < -0.39 is 10.5 Å². The number of amides is 1. The minimum atomic E-state index is -4.75. The topological polar surface area (TPSA) is 85.0 Å². The lowest BCUT2D eigenvalue weighted by molar-refractivity contribution is -0.274. The van der Waals surface area contributed by atoms with Crippen LogP contribution in [0.25, 0.3) is 17.1 Å². The van der Waals surface area contributed by atoms with Gasteiger partial charge in [0.15, 0.2) is 16.2 Å². The van der Waals surface area contributed by atoms with Gasteiger partial charge in [-0.05, 0) is 79.1 Å². The van der Waals surface area contributed by atoms with Crippen molar-refractivity contribution in [1.82, 2.24) is 14.8 Å². The molecule has 48 heavy (non-hydrogen) atoms. The number of aromatic nitrogens is 3. The van der Waals surface area contributed by atoms with Gasteiger partial charge < -0.3 is 4.74 Å². The molecule has 0 N–H and O–H groups in total. The van der Waals surface area contributed by atoms with Gasteiger partial charge in [0.05, 0.1) is 11.4 Å². The Morgan fingerprint density at radius 3 is 2.50 bits per heavy atom. The molecule has 1 amide bonds. The normalized spacial score (nSPS) is 18.0. The summed E-state index contributed by atoms with van der Waals surface area (Å²) < 4.78 is 42.4. The highest BCUT2D eigenvalue weighted by Crippen LogP contribution is 2.40. The van der Waals surface area contributed by atoms with Crippen molar-refractivity contribution in [2.75, 3.05) is 11.4 Å². The summed E-state index contributed by atoms with van der Waals surface area (Å²) in [7, 11) is 0. The average Bonchev–Trinajstić information content (AvgIpc) is 3.63. The first kappa shape index (κ1) is 34.3. The third-order valence-corrected chi connectivity index (χ3v) is 10.6. The molecule has 0 radical (unpaired) electrons. The summed E-state index contributed by atoms with van der Waals surface area (Å²) in [5.41, 5.74) is 5.48. The average molecular weight is 758 g/mol. The second-order valence-corrected chi connectivity index (χ2v) is 15.6. The quantitative estimate of drug-likeness (QED) is 0.0964. The van der Waals surface area contributed by atoms with Crippen LogP contribution >= 0.6 is 39.5 Å². The van der Waals surface area contributed by atoms with Gasteiger partial charge in [0.25, 0.3) is 5.91 Å². The Kier molecular flexibility index (Phi) is 10.3. The van der Waals surface area contributed by atoms with Crippen LogP contribution in [0.15, 0.2) is 83.0 Å². The zero-order valence-corrected chi connectivity index (χ0v) is 29.5. The third-order valence-electron chi connectivity index (χ3n) is 7.54. The number of aliphatic imine (C=N–C) groups is 2. The number of halogens is 4. The Balaban J connectivity index is 1.14. The number of thioether (sulfide) groups is 2. The number of nitrogens with zero attached hydrogens (tertiary/aromatic N) is 6. The molecule has 1 saturated carbocycles. The number of rotatable bonds is 9. The molecule has 1 unspecified atom stereocenters. The Bertz CT molecular complexity index is 1840. The van der Waals surface area contributed by atoms with Crippen molar-refractivity contribution < 1.29 is 22.7 Å². The number of benzene rings is 3. The monoisotopic (exact) mass is 756 g/mol. The second kappa shape index (κ2) is 14.5. The van der Waals surface area contributed by atoms with E-state index in [0.717, 1.165) is 40.8 Å². The number of carbonyl (C=O) groups excluding carboxylic acids is 1. The molecule has 14 heteroatoms. The lowest BCUT2D eigenvalue weighted by Crippen LogP contribution is -2.32. The second-order valence-electron chi connectivity index (χ2n) is 11.7. The van der Waals surface area contributed by atoms with Gasteiger partial charge in [-0.3, -0.25) is 14.7 Å². The van der Waals surface area contributed by atoms with Crippen LogP contribution in [-0.4, -0.2) is 53.3 Å². The van der Waals surface area contributed by atoms with E-state index in [1.54, 1.807) is 16.7 Å². The van der Waals surface area contributed by atoms with E-state index in [2.05, 4.69) is 62.8 Å². The Morgan fingerprint density at radius 2 is 1.83 bits per heavy atom. The molecule has 1 aliphatic carbocycles. The first-order chi connectivity index (χ1) is 22.9. The SMILES string of the molecule is Cc1ccc(C(C)C)c(N2C(=O)C(Br)SC2=NC(=NCCc2ccc(-c3ncn(-c4ccc(OC(F)(F)F)cc4)n3)cc2)SC2CC2)c1. The highest BCUT2D eigenvalue weighted by molar-refractivity contribution is 9.12. The molecule has 2 fully saturated rings. The minimum Gasteiger partial charge on any atom is -0.406 e. The summed E-state index contributed by atoms with van der Waals surface area (Å²) in [5.74, 6) is 0.377. The van der Waals surface area contributed by atoms with E-state index in [9.17, 15) is 18.0 Å². The molecule has 250 valence electrons. The highest BCUT2D eigenvalue weighted by Gasteiger charge is 2.39. The number of carbonyl (C=O) groups is 1. The van der Waals surface area contributed by atoms with Gasteiger partial charge in [0, 0.05) is 17.4 Å². The van der Waals surface area contributed by atoms with Gasteiger partial charge in [-0.2, -0.15) is 4.99 Å². The molecular weight excluding hydrogens is 725 g/mol. The third kappa shape index (κ3) is 8.50. The molecule has 6 rings (SSSR count). The number of ether oxygens (including phenoxy) is 1. The van der Waals surface area contributed by atoms with Gasteiger partial charge in [-0.25, -0.2) is 9.67 Å². The van der Waals surface area contributed by atoms with Crippen LogP contribution < -0.4 is 9.64 Å².